The molecule has 1 heterocycles. The van der Waals surface area contributed by atoms with Crippen LogP contribution in [0.3, 0.4) is 0 Å². The van der Waals surface area contributed by atoms with Crippen molar-refractivity contribution in [2.75, 3.05) is 31.6 Å². The zero-order valence-electron chi connectivity index (χ0n) is 12.2. The van der Waals surface area contributed by atoms with Gasteiger partial charge in [0, 0.05) is 30.9 Å². The van der Waals surface area contributed by atoms with E-state index in [1.54, 1.807) is 0 Å². The smallest absolute Gasteiger partial charge is 0.0223 e. The SMILES string of the molecule is CSCCN1CC(C2CCCCC2)NCCC1C. The van der Waals surface area contributed by atoms with E-state index < -0.39 is 0 Å². The van der Waals surface area contributed by atoms with E-state index in [1.165, 1.54) is 63.9 Å². The molecule has 1 saturated carbocycles. The lowest BCUT2D eigenvalue weighted by atomic mass is 9.83. The summed E-state index contributed by atoms with van der Waals surface area (Å²) in [6, 6.07) is 1.52. The molecule has 1 N–H and O–H groups in total. The Labute approximate surface area is 117 Å². The Bertz CT molecular complexity index is 229. The number of hydrogen-bond acceptors (Lipinski definition) is 3. The van der Waals surface area contributed by atoms with E-state index in [1.807, 2.05) is 11.8 Å². The summed E-state index contributed by atoms with van der Waals surface area (Å²) < 4.78 is 0. The number of rotatable bonds is 4. The summed E-state index contributed by atoms with van der Waals surface area (Å²) in [5.41, 5.74) is 0. The van der Waals surface area contributed by atoms with Gasteiger partial charge in [0.2, 0.25) is 0 Å². The van der Waals surface area contributed by atoms with Crippen LogP contribution >= 0.6 is 11.8 Å². The van der Waals surface area contributed by atoms with Gasteiger partial charge in [-0.05, 0) is 44.9 Å². The van der Waals surface area contributed by atoms with Crippen LogP contribution < -0.4 is 5.32 Å². The lowest BCUT2D eigenvalue weighted by molar-refractivity contribution is 0.180. The van der Waals surface area contributed by atoms with E-state index in [0.29, 0.717) is 0 Å². The zero-order valence-corrected chi connectivity index (χ0v) is 13.0. The highest BCUT2D eigenvalue weighted by Gasteiger charge is 2.28. The molecule has 2 unspecified atom stereocenters. The quantitative estimate of drug-likeness (QED) is 0.845. The fraction of sp³-hybridized carbons (Fsp3) is 1.00. The number of thioether (sulfide) groups is 1. The van der Waals surface area contributed by atoms with E-state index in [0.717, 1.165) is 18.0 Å². The Morgan fingerprint density at radius 1 is 1.17 bits per heavy atom. The molecular formula is C15H30N2S. The molecule has 3 heteroatoms. The highest BCUT2D eigenvalue weighted by atomic mass is 32.2. The van der Waals surface area contributed by atoms with E-state index in [2.05, 4.69) is 23.4 Å². The highest BCUT2D eigenvalue weighted by molar-refractivity contribution is 7.98. The first-order valence-electron chi connectivity index (χ1n) is 7.77. The molecule has 18 heavy (non-hydrogen) atoms. The second kappa shape index (κ2) is 7.76. The average molecular weight is 270 g/mol. The molecule has 2 aliphatic rings. The second-order valence-electron chi connectivity index (χ2n) is 6.08. The maximum Gasteiger partial charge on any atom is 0.0223 e. The first kappa shape index (κ1) is 14.7. The van der Waals surface area contributed by atoms with Crippen molar-refractivity contribution >= 4 is 11.8 Å². The van der Waals surface area contributed by atoms with Crippen molar-refractivity contribution in [3.63, 3.8) is 0 Å². The van der Waals surface area contributed by atoms with E-state index >= 15 is 0 Å². The predicted molar refractivity (Wildman–Crippen MR) is 82.4 cm³/mol. The zero-order chi connectivity index (χ0) is 12.8. The molecule has 0 radical (unpaired) electrons. The van der Waals surface area contributed by atoms with Crippen LogP contribution in [0.1, 0.15) is 45.4 Å². The molecule has 1 aliphatic heterocycles. The standard InChI is InChI=1S/C15H30N2S/c1-13-8-9-16-15(12-17(13)10-11-18-2)14-6-4-3-5-7-14/h13-16H,3-12H2,1-2H3. The van der Waals surface area contributed by atoms with Gasteiger partial charge in [-0.1, -0.05) is 19.3 Å². The average Bonchev–Trinajstić information content (AvgIpc) is 2.60. The number of hydrogen-bond donors (Lipinski definition) is 1. The molecule has 1 saturated heterocycles. The van der Waals surface area contributed by atoms with Crippen molar-refractivity contribution in [3.8, 4) is 0 Å². The van der Waals surface area contributed by atoms with Crippen LogP contribution in [-0.4, -0.2) is 48.6 Å². The van der Waals surface area contributed by atoms with Gasteiger partial charge in [-0.3, -0.25) is 4.90 Å². The summed E-state index contributed by atoms with van der Waals surface area (Å²) >= 11 is 1.98. The Morgan fingerprint density at radius 2 is 1.94 bits per heavy atom. The first-order chi connectivity index (χ1) is 8.81. The topological polar surface area (TPSA) is 15.3 Å². The fourth-order valence-electron chi connectivity index (χ4n) is 3.53. The van der Waals surface area contributed by atoms with Crippen molar-refractivity contribution in [1.82, 2.24) is 10.2 Å². The minimum atomic E-state index is 0.761. The third kappa shape index (κ3) is 4.14. The molecule has 0 amide bonds. The van der Waals surface area contributed by atoms with Crippen molar-refractivity contribution in [3.05, 3.63) is 0 Å². The molecule has 2 fully saturated rings. The Morgan fingerprint density at radius 3 is 2.67 bits per heavy atom. The van der Waals surface area contributed by atoms with Gasteiger partial charge in [-0.15, -0.1) is 0 Å². The van der Waals surface area contributed by atoms with Crippen molar-refractivity contribution < 1.29 is 0 Å². The van der Waals surface area contributed by atoms with Crippen LogP contribution in [0.5, 0.6) is 0 Å². The van der Waals surface area contributed by atoms with Gasteiger partial charge >= 0.3 is 0 Å². The Balaban J connectivity index is 1.89. The van der Waals surface area contributed by atoms with Gasteiger partial charge in [-0.25, -0.2) is 0 Å². The van der Waals surface area contributed by atoms with Crippen LogP contribution in [0, 0.1) is 5.92 Å². The maximum atomic E-state index is 3.84. The summed E-state index contributed by atoms with van der Waals surface area (Å²) in [6.45, 7) is 6.18. The van der Waals surface area contributed by atoms with Crippen LogP contribution in [0.4, 0.5) is 0 Å². The highest BCUT2D eigenvalue weighted by Crippen LogP contribution is 2.28. The van der Waals surface area contributed by atoms with Gasteiger partial charge in [0.05, 0.1) is 0 Å². The number of nitrogens with one attached hydrogen (secondary N) is 1. The van der Waals surface area contributed by atoms with E-state index in [-0.39, 0.29) is 0 Å². The van der Waals surface area contributed by atoms with Gasteiger partial charge in [-0.2, -0.15) is 11.8 Å². The largest absolute Gasteiger partial charge is 0.312 e. The molecule has 106 valence electrons. The van der Waals surface area contributed by atoms with Crippen molar-refractivity contribution in [2.24, 2.45) is 5.92 Å². The van der Waals surface area contributed by atoms with Gasteiger partial charge in [0.25, 0.3) is 0 Å². The third-order valence-electron chi connectivity index (χ3n) is 4.82. The molecular weight excluding hydrogens is 240 g/mol. The summed E-state index contributed by atoms with van der Waals surface area (Å²) in [6.07, 6.45) is 10.9. The molecule has 1 aliphatic carbocycles. The van der Waals surface area contributed by atoms with Gasteiger partial charge in [0.15, 0.2) is 0 Å². The second-order valence-corrected chi connectivity index (χ2v) is 7.07. The monoisotopic (exact) mass is 270 g/mol. The lowest BCUT2D eigenvalue weighted by Gasteiger charge is -2.34. The molecule has 0 bridgehead atoms. The molecule has 2 nitrogen and oxygen atoms in total. The maximum absolute atomic E-state index is 3.84. The number of nitrogens with zero attached hydrogens (tertiary/aromatic N) is 1. The van der Waals surface area contributed by atoms with Gasteiger partial charge < -0.3 is 5.32 Å². The molecule has 0 aromatic heterocycles. The summed E-state index contributed by atoms with van der Waals surface area (Å²) in [7, 11) is 0. The Kier molecular flexibility index (Phi) is 6.33. The minimum absolute atomic E-state index is 0.761. The lowest BCUT2D eigenvalue weighted by Crippen LogP contribution is -2.45. The molecule has 0 aromatic carbocycles. The summed E-state index contributed by atoms with van der Waals surface area (Å²) in [4.78, 5) is 2.73. The summed E-state index contributed by atoms with van der Waals surface area (Å²) in [5.74, 6) is 2.22. The fourth-order valence-corrected chi connectivity index (χ4v) is 3.95. The van der Waals surface area contributed by atoms with Crippen LogP contribution in [-0.2, 0) is 0 Å². The summed E-state index contributed by atoms with van der Waals surface area (Å²) in [5, 5.41) is 3.84. The minimum Gasteiger partial charge on any atom is -0.312 e. The third-order valence-corrected chi connectivity index (χ3v) is 5.42. The molecule has 2 rings (SSSR count). The normalized spacial score (nSPS) is 32.3. The molecule has 0 spiro atoms. The van der Waals surface area contributed by atoms with Crippen LogP contribution in [0.25, 0.3) is 0 Å². The van der Waals surface area contributed by atoms with E-state index in [4.69, 9.17) is 0 Å². The van der Waals surface area contributed by atoms with Crippen molar-refractivity contribution in [1.29, 1.82) is 0 Å². The van der Waals surface area contributed by atoms with Crippen molar-refractivity contribution in [2.45, 2.75) is 57.5 Å². The Hall–Kier alpha value is 0.270. The van der Waals surface area contributed by atoms with Crippen LogP contribution in [0.15, 0.2) is 0 Å². The molecule has 0 aromatic rings. The van der Waals surface area contributed by atoms with Gasteiger partial charge in [0.1, 0.15) is 0 Å². The first-order valence-corrected chi connectivity index (χ1v) is 9.17. The predicted octanol–water partition coefficient (Wildman–Crippen LogP) is 2.98. The van der Waals surface area contributed by atoms with Crippen LogP contribution in [0.2, 0.25) is 0 Å². The molecule has 2 atom stereocenters. The van der Waals surface area contributed by atoms with E-state index in [9.17, 15) is 0 Å².